The van der Waals surface area contributed by atoms with E-state index in [9.17, 15) is 24.9 Å². The van der Waals surface area contributed by atoms with Crippen LogP contribution in [0.2, 0.25) is 0 Å². The first-order chi connectivity index (χ1) is 19.5. The number of benzene rings is 3. The molecule has 0 fully saturated rings. The monoisotopic (exact) mass is 560 g/mol. The van der Waals surface area contributed by atoms with Gasteiger partial charge in [0.15, 0.2) is 0 Å². The Labute approximate surface area is 241 Å². The second kappa shape index (κ2) is 13.0. The Bertz CT molecular complexity index is 1310. The van der Waals surface area contributed by atoms with Gasteiger partial charge in [-0.15, -0.1) is 0 Å². The van der Waals surface area contributed by atoms with Crippen molar-refractivity contribution in [1.82, 2.24) is 4.90 Å². The summed E-state index contributed by atoms with van der Waals surface area (Å²) < 4.78 is 5.65. The Balaban J connectivity index is 1.69. The molecule has 0 radical (unpaired) electrons. The molecule has 6 atom stereocenters. The summed E-state index contributed by atoms with van der Waals surface area (Å²) >= 11 is 0. The molecule has 2 amide bonds. The normalized spacial score (nSPS) is 20.5. The van der Waals surface area contributed by atoms with Crippen LogP contribution in [0.5, 0.6) is 0 Å². The minimum absolute atomic E-state index is 0.0198. The van der Waals surface area contributed by atoms with E-state index in [4.69, 9.17) is 10.5 Å². The number of amides is 2. The van der Waals surface area contributed by atoms with E-state index in [1.807, 2.05) is 60.7 Å². The zero-order valence-electron chi connectivity index (χ0n) is 23.8. The van der Waals surface area contributed by atoms with E-state index in [-0.39, 0.29) is 12.8 Å². The fourth-order valence-corrected chi connectivity index (χ4v) is 5.39. The van der Waals surface area contributed by atoms with Gasteiger partial charge in [0, 0.05) is 12.0 Å². The van der Waals surface area contributed by atoms with Gasteiger partial charge in [0.2, 0.25) is 5.91 Å². The van der Waals surface area contributed by atoms with Crippen molar-refractivity contribution in [3.63, 3.8) is 0 Å². The van der Waals surface area contributed by atoms with Crippen LogP contribution < -0.4 is 5.73 Å². The number of nitrogens with two attached hydrogens (primary N) is 1. The highest BCUT2D eigenvalue weighted by molar-refractivity contribution is 5.94. The van der Waals surface area contributed by atoms with Gasteiger partial charge < -0.3 is 25.8 Å². The van der Waals surface area contributed by atoms with Crippen LogP contribution in [0.15, 0.2) is 84.9 Å². The fourth-order valence-electron chi connectivity index (χ4n) is 5.39. The molecule has 0 heterocycles. The minimum Gasteiger partial charge on any atom is -0.443 e. The first-order valence-corrected chi connectivity index (χ1v) is 14.0. The number of fused-ring (bicyclic) bond motifs is 1. The number of nitrogens with zero attached hydrogens (tertiary/aromatic N) is 1. The van der Waals surface area contributed by atoms with Crippen molar-refractivity contribution >= 4 is 12.0 Å². The van der Waals surface area contributed by atoms with Gasteiger partial charge in [0.1, 0.15) is 17.8 Å². The SMILES string of the molecule is CC(C)(C)OC(=O)N(C(=O)C(Cc1ccccc1)CC(O)C(N)Cc1ccccc1)[C@H]1c2ccccc2[C@@H](O)[C@H]1O. The third kappa shape index (κ3) is 7.40. The van der Waals surface area contributed by atoms with Crippen molar-refractivity contribution in [3.05, 3.63) is 107 Å². The van der Waals surface area contributed by atoms with E-state index in [1.54, 1.807) is 45.0 Å². The van der Waals surface area contributed by atoms with Gasteiger partial charge in [-0.3, -0.25) is 4.79 Å². The predicted molar refractivity (Wildman–Crippen MR) is 156 cm³/mol. The molecule has 3 aromatic carbocycles. The van der Waals surface area contributed by atoms with E-state index >= 15 is 0 Å². The molecule has 8 nitrogen and oxygen atoms in total. The molecular formula is C33H40N2O6. The van der Waals surface area contributed by atoms with E-state index in [0.29, 0.717) is 17.5 Å². The number of aliphatic hydroxyl groups is 3. The highest BCUT2D eigenvalue weighted by Crippen LogP contribution is 2.43. The Morgan fingerprint density at radius 2 is 1.37 bits per heavy atom. The Kier molecular flexibility index (Phi) is 9.60. The van der Waals surface area contributed by atoms with Gasteiger partial charge in [-0.05, 0) is 62.3 Å². The van der Waals surface area contributed by atoms with Crippen molar-refractivity contribution in [2.24, 2.45) is 11.7 Å². The Morgan fingerprint density at radius 3 is 1.93 bits per heavy atom. The van der Waals surface area contributed by atoms with E-state index < -0.39 is 53.9 Å². The number of imide groups is 1. The smallest absolute Gasteiger partial charge is 0.417 e. The second-order valence-corrected chi connectivity index (χ2v) is 11.7. The molecule has 1 aliphatic carbocycles. The molecule has 41 heavy (non-hydrogen) atoms. The van der Waals surface area contributed by atoms with Crippen molar-refractivity contribution < 1.29 is 29.6 Å². The first kappa shape index (κ1) is 30.4. The van der Waals surface area contributed by atoms with Gasteiger partial charge in [0.05, 0.1) is 12.1 Å². The Morgan fingerprint density at radius 1 is 0.854 bits per heavy atom. The van der Waals surface area contributed by atoms with Crippen LogP contribution in [0.3, 0.4) is 0 Å². The summed E-state index contributed by atoms with van der Waals surface area (Å²) in [4.78, 5) is 29.0. The van der Waals surface area contributed by atoms with Crippen molar-refractivity contribution in [3.8, 4) is 0 Å². The molecule has 0 saturated carbocycles. The average Bonchev–Trinajstić information content (AvgIpc) is 3.18. The van der Waals surface area contributed by atoms with Crippen LogP contribution >= 0.6 is 0 Å². The van der Waals surface area contributed by atoms with Gasteiger partial charge in [-0.1, -0.05) is 84.9 Å². The molecule has 1 aliphatic rings. The summed E-state index contributed by atoms with van der Waals surface area (Å²) in [6.45, 7) is 5.07. The maximum Gasteiger partial charge on any atom is 0.417 e. The summed E-state index contributed by atoms with van der Waals surface area (Å²) in [6, 6.07) is 23.8. The van der Waals surface area contributed by atoms with E-state index in [1.165, 1.54) is 0 Å². The zero-order valence-corrected chi connectivity index (χ0v) is 23.8. The number of carbonyl (C=O) groups excluding carboxylic acids is 2. The summed E-state index contributed by atoms with van der Waals surface area (Å²) in [5, 5.41) is 33.1. The molecule has 5 N–H and O–H groups in total. The van der Waals surface area contributed by atoms with Crippen LogP contribution in [-0.4, -0.2) is 56.1 Å². The van der Waals surface area contributed by atoms with Gasteiger partial charge in [0.25, 0.3) is 0 Å². The van der Waals surface area contributed by atoms with Gasteiger partial charge in [-0.25, -0.2) is 9.69 Å². The molecular weight excluding hydrogens is 520 g/mol. The molecule has 3 aromatic rings. The standard InChI is InChI=1S/C33H40N2O6/c1-33(2,3)41-32(40)35(28-24-16-10-11-17-25(24)29(37)30(28)38)31(39)23(18-21-12-6-4-7-13-21)20-27(36)26(34)19-22-14-8-5-9-15-22/h4-17,23,26-30,36-38H,18-20,34H2,1-3H3/t23?,26?,27?,28-,29+,30-/m0/s1. The summed E-state index contributed by atoms with van der Waals surface area (Å²) in [6.07, 6.45) is -4.12. The molecule has 0 aromatic heterocycles. The number of hydrogen-bond donors (Lipinski definition) is 4. The van der Waals surface area contributed by atoms with E-state index in [2.05, 4.69) is 0 Å². The highest BCUT2D eigenvalue weighted by Gasteiger charge is 2.48. The fraction of sp³-hybridized carbons (Fsp3) is 0.394. The molecule has 0 bridgehead atoms. The van der Waals surface area contributed by atoms with Crippen LogP contribution in [0, 0.1) is 5.92 Å². The lowest BCUT2D eigenvalue weighted by Crippen LogP contribution is -2.50. The number of ether oxygens (including phenoxy) is 1. The quantitative estimate of drug-likeness (QED) is 0.310. The number of aliphatic hydroxyl groups excluding tert-OH is 3. The third-order valence-electron chi connectivity index (χ3n) is 7.39. The number of rotatable bonds is 9. The topological polar surface area (TPSA) is 133 Å². The Hall–Kier alpha value is -3.56. The van der Waals surface area contributed by atoms with Gasteiger partial charge in [-0.2, -0.15) is 0 Å². The zero-order chi connectivity index (χ0) is 29.7. The maximum atomic E-state index is 14.4. The highest BCUT2D eigenvalue weighted by atomic mass is 16.6. The van der Waals surface area contributed by atoms with Crippen LogP contribution in [0.1, 0.15) is 61.6 Å². The molecule has 3 unspecified atom stereocenters. The molecule has 0 spiro atoms. The summed E-state index contributed by atoms with van der Waals surface area (Å²) in [7, 11) is 0. The summed E-state index contributed by atoms with van der Waals surface area (Å²) in [5.41, 5.74) is 8.17. The van der Waals surface area contributed by atoms with Crippen molar-refractivity contribution in [2.75, 3.05) is 0 Å². The number of hydrogen-bond acceptors (Lipinski definition) is 7. The van der Waals surface area contributed by atoms with Gasteiger partial charge >= 0.3 is 6.09 Å². The third-order valence-corrected chi connectivity index (χ3v) is 7.39. The van der Waals surface area contributed by atoms with Crippen LogP contribution in [0.4, 0.5) is 4.79 Å². The first-order valence-electron chi connectivity index (χ1n) is 14.0. The average molecular weight is 561 g/mol. The molecule has 0 aliphatic heterocycles. The second-order valence-electron chi connectivity index (χ2n) is 11.7. The lowest BCUT2D eigenvalue weighted by Gasteiger charge is -2.35. The van der Waals surface area contributed by atoms with Crippen LogP contribution in [-0.2, 0) is 22.4 Å². The summed E-state index contributed by atoms with van der Waals surface area (Å²) in [5.74, 6) is -1.50. The lowest BCUT2D eigenvalue weighted by atomic mass is 9.88. The lowest BCUT2D eigenvalue weighted by molar-refractivity contribution is -0.142. The maximum absolute atomic E-state index is 14.4. The molecule has 4 rings (SSSR count). The molecule has 218 valence electrons. The van der Waals surface area contributed by atoms with Crippen LogP contribution in [0.25, 0.3) is 0 Å². The van der Waals surface area contributed by atoms with Crippen molar-refractivity contribution in [2.45, 2.75) is 76.0 Å². The molecule has 0 saturated heterocycles. The largest absolute Gasteiger partial charge is 0.443 e. The molecule has 8 heteroatoms. The minimum atomic E-state index is -1.45. The predicted octanol–water partition coefficient (Wildman–Crippen LogP) is 4.08. The van der Waals surface area contributed by atoms with E-state index in [0.717, 1.165) is 16.0 Å². The number of carbonyl (C=O) groups is 2. The van der Waals surface area contributed by atoms with Crippen molar-refractivity contribution in [1.29, 1.82) is 0 Å².